The van der Waals surface area contributed by atoms with Crippen molar-refractivity contribution < 1.29 is 47.9 Å². The van der Waals surface area contributed by atoms with Gasteiger partial charge in [0.15, 0.2) is 0 Å². The molecule has 5 rings (SSSR count). The van der Waals surface area contributed by atoms with E-state index in [1.165, 1.54) is 9.80 Å². The third-order valence-corrected chi connectivity index (χ3v) is 16.5. The molecule has 0 bridgehead atoms. The first kappa shape index (κ1) is 71.7. The molecule has 3 saturated heterocycles. The van der Waals surface area contributed by atoms with Crippen molar-refractivity contribution in [3.8, 4) is 0 Å². The fourth-order valence-corrected chi connectivity index (χ4v) is 11.5. The maximum atomic E-state index is 15.0. The fraction of sp³-hybridized carbons (Fsp3) is 0.645. The molecule has 88 heavy (non-hydrogen) atoms. The van der Waals surface area contributed by atoms with Crippen LogP contribution >= 0.6 is 0 Å². The Labute approximate surface area is 517 Å². The van der Waals surface area contributed by atoms with Gasteiger partial charge >= 0.3 is 0 Å². The van der Waals surface area contributed by atoms with Crippen LogP contribution in [0.5, 0.6) is 0 Å². The highest BCUT2D eigenvalue weighted by molar-refractivity contribution is 6.00. The van der Waals surface area contributed by atoms with Gasteiger partial charge in [0.05, 0.1) is 0 Å². The SMILES string of the molecule is NCCCC[C@@H]1NC(=O)[C@H](CCCN)NC(=O)[C@H](CCCCN)NC(=O)[C@@H]2CCCN2C(=O)[C@@H](Cc2ccccc2)NC(=O)[C@H](CCCCN)NC(=O)[C@H](CCCN)NC(=O)[C@H](CCCCN)NC(=O)[C@@H]2CCCN2C(=O)[C@@H](Cc2ccccc2)NC1=O. The second-order valence-electron chi connectivity index (χ2n) is 23.2. The van der Waals surface area contributed by atoms with Crippen LogP contribution in [-0.4, -0.2) is 182 Å². The molecular weight excluding hydrogens is 1130 g/mol. The molecule has 0 saturated carbocycles. The quantitative estimate of drug-likeness (QED) is 0.0469. The van der Waals surface area contributed by atoms with Crippen molar-refractivity contribution in [3.05, 3.63) is 71.8 Å². The first-order valence-electron chi connectivity index (χ1n) is 31.9. The number of amides is 10. The molecule has 26 heteroatoms. The number of nitrogens with two attached hydrogens (primary N) is 6. The Bertz CT molecular complexity index is 2380. The molecule has 3 aliphatic heterocycles. The highest BCUT2D eigenvalue weighted by atomic mass is 16.2. The van der Waals surface area contributed by atoms with E-state index in [1.54, 1.807) is 60.7 Å². The van der Waals surface area contributed by atoms with E-state index in [4.69, 9.17) is 34.4 Å². The Morgan fingerprint density at radius 3 is 0.807 bits per heavy atom. The molecule has 3 aliphatic rings. The summed E-state index contributed by atoms with van der Waals surface area (Å²) in [5.74, 6) is -6.70. The molecule has 0 aromatic heterocycles. The summed E-state index contributed by atoms with van der Waals surface area (Å²) in [5, 5.41) is 22.9. The molecule has 0 spiro atoms. The van der Waals surface area contributed by atoms with E-state index < -0.39 is 119 Å². The number of nitrogens with one attached hydrogen (secondary N) is 8. The van der Waals surface area contributed by atoms with Gasteiger partial charge in [-0.15, -0.1) is 0 Å². The van der Waals surface area contributed by atoms with Gasteiger partial charge in [0, 0.05) is 25.9 Å². The van der Waals surface area contributed by atoms with E-state index in [0.717, 1.165) is 0 Å². The minimum absolute atomic E-state index is 0.000872. The van der Waals surface area contributed by atoms with Crippen LogP contribution in [-0.2, 0) is 60.8 Å². The maximum absolute atomic E-state index is 15.0. The zero-order valence-electron chi connectivity index (χ0n) is 51.2. The number of nitrogens with zero attached hydrogens (tertiary/aromatic N) is 2. The smallest absolute Gasteiger partial charge is 0.246 e. The minimum Gasteiger partial charge on any atom is -0.343 e. The van der Waals surface area contributed by atoms with E-state index in [1.807, 2.05) is 0 Å². The molecule has 20 N–H and O–H groups in total. The number of rotatable bonds is 26. The van der Waals surface area contributed by atoms with Crippen LogP contribution in [0.25, 0.3) is 0 Å². The van der Waals surface area contributed by atoms with E-state index in [-0.39, 0.29) is 116 Å². The molecule has 10 amide bonds. The molecule has 26 nitrogen and oxygen atoms in total. The van der Waals surface area contributed by atoms with Crippen LogP contribution in [0.3, 0.4) is 0 Å². The highest BCUT2D eigenvalue weighted by Crippen LogP contribution is 2.23. The van der Waals surface area contributed by atoms with Gasteiger partial charge in [-0.3, -0.25) is 47.9 Å². The van der Waals surface area contributed by atoms with Crippen molar-refractivity contribution in [2.45, 2.75) is 202 Å². The summed E-state index contributed by atoms with van der Waals surface area (Å²) < 4.78 is 0. The molecule has 0 radical (unpaired) electrons. The fourth-order valence-electron chi connectivity index (χ4n) is 11.5. The first-order valence-corrected chi connectivity index (χ1v) is 31.9. The summed E-state index contributed by atoms with van der Waals surface area (Å²) >= 11 is 0. The zero-order chi connectivity index (χ0) is 63.8. The Balaban J connectivity index is 1.61. The van der Waals surface area contributed by atoms with Gasteiger partial charge < -0.3 is 86.7 Å². The lowest BCUT2D eigenvalue weighted by atomic mass is 10.0. The van der Waals surface area contributed by atoms with Crippen LogP contribution in [0, 0.1) is 0 Å². The lowest BCUT2D eigenvalue weighted by Gasteiger charge is -2.32. The van der Waals surface area contributed by atoms with Gasteiger partial charge in [0.25, 0.3) is 0 Å². The number of carbonyl (C=O) groups excluding carboxylic acids is 10. The number of carbonyl (C=O) groups is 10. The van der Waals surface area contributed by atoms with Gasteiger partial charge in [0.2, 0.25) is 59.1 Å². The maximum Gasteiger partial charge on any atom is 0.246 e. The Kier molecular flexibility index (Phi) is 31.8. The van der Waals surface area contributed by atoms with Crippen molar-refractivity contribution in [2.75, 3.05) is 52.4 Å². The Hall–Kier alpha value is -7.10. The van der Waals surface area contributed by atoms with Crippen molar-refractivity contribution >= 4 is 59.1 Å². The van der Waals surface area contributed by atoms with Crippen LogP contribution in [0.2, 0.25) is 0 Å². The number of benzene rings is 2. The largest absolute Gasteiger partial charge is 0.343 e. The number of fused-ring (bicyclic) bond motifs is 2. The van der Waals surface area contributed by atoms with Crippen molar-refractivity contribution in [1.29, 1.82) is 0 Å². The van der Waals surface area contributed by atoms with E-state index >= 15 is 9.59 Å². The molecule has 488 valence electrons. The monoisotopic (exact) mass is 1230 g/mol. The standard InChI is InChI=1S/C62H100N16O10/c63-31-11-7-23-43-57(83)75-49(39-41-19-3-1-4-20-41)61(87)77-37-17-29-51(77)59(85)73-45(25-9-13-33-65)53(79)72-48(28-16-36-68)56(82)70-44(24-8-12-32-64)58(84)76-50(40-42-21-5-2-6-22-42)62(88)78-38-18-30-52(78)60(86)74-46(26-10-14-34-66)54(80)71-47(27-15-35-67)55(81)69-43/h1-6,19-22,43-52H,7-18,23-40,63-68H2,(H,69,81)(H,70,82)(H,71,80)(H,72,79)(H,73,85)(H,74,86)(H,75,83)(H,76,84)/t43-,44-,45-,46-,47-,48-,49+,50+,51-,52-/m0/s1. The second kappa shape index (κ2) is 39.0. The number of hydrogen-bond donors (Lipinski definition) is 14. The Morgan fingerprint density at radius 1 is 0.307 bits per heavy atom. The van der Waals surface area contributed by atoms with Crippen LogP contribution in [0.4, 0.5) is 0 Å². The number of unbranched alkanes of at least 4 members (excludes halogenated alkanes) is 4. The van der Waals surface area contributed by atoms with Crippen molar-refractivity contribution in [2.24, 2.45) is 34.4 Å². The summed E-state index contributed by atoms with van der Waals surface area (Å²) in [5.41, 5.74) is 36.8. The highest BCUT2D eigenvalue weighted by Gasteiger charge is 2.43. The first-order chi connectivity index (χ1) is 42.6. The second-order valence-corrected chi connectivity index (χ2v) is 23.2. The average molecular weight is 1230 g/mol. The number of hydrogen-bond acceptors (Lipinski definition) is 16. The minimum atomic E-state index is -1.26. The molecule has 0 aliphatic carbocycles. The van der Waals surface area contributed by atoms with Crippen LogP contribution < -0.4 is 76.9 Å². The predicted octanol–water partition coefficient (Wildman–Crippen LogP) is -1.66. The summed E-state index contributed by atoms with van der Waals surface area (Å²) in [6.45, 7) is 1.73. The van der Waals surface area contributed by atoms with E-state index in [0.29, 0.717) is 88.4 Å². The zero-order valence-corrected chi connectivity index (χ0v) is 51.2. The lowest BCUT2D eigenvalue weighted by Crippen LogP contribution is -2.61. The average Bonchev–Trinajstić information content (AvgIpc) is 3.56. The van der Waals surface area contributed by atoms with Gasteiger partial charge in [-0.2, -0.15) is 0 Å². The van der Waals surface area contributed by atoms with Gasteiger partial charge in [-0.05, 0) is 179 Å². The van der Waals surface area contributed by atoms with E-state index in [2.05, 4.69) is 42.5 Å². The summed E-state index contributed by atoms with van der Waals surface area (Å²) in [4.78, 5) is 150. The van der Waals surface area contributed by atoms with Crippen LogP contribution in [0.1, 0.15) is 140 Å². The molecule has 3 heterocycles. The molecule has 0 unspecified atom stereocenters. The molecule has 10 atom stereocenters. The topological polar surface area (TPSA) is 430 Å². The molecule has 3 fully saturated rings. The normalized spacial score (nSPS) is 25.3. The third-order valence-electron chi connectivity index (χ3n) is 16.5. The molecular formula is C62H100N16O10. The lowest BCUT2D eigenvalue weighted by molar-refractivity contribution is -0.143. The molecule has 2 aromatic rings. The van der Waals surface area contributed by atoms with E-state index in [9.17, 15) is 38.4 Å². The van der Waals surface area contributed by atoms with Crippen LogP contribution in [0.15, 0.2) is 60.7 Å². The van der Waals surface area contributed by atoms with Gasteiger partial charge in [-0.25, -0.2) is 0 Å². The predicted molar refractivity (Wildman–Crippen MR) is 333 cm³/mol. The van der Waals surface area contributed by atoms with Crippen molar-refractivity contribution in [1.82, 2.24) is 52.3 Å². The van der Waals surface area contributed by atoms with Crippen molar-refractivity contribution in [3.63, 3.8) is 0 Å². The van der Waals surface area contributed by atoms with Gasteiger partial charge in [0.1, 0.15) is 60.4 Å². The third kappa shape index (κ3) is 22.8. The Morgan fingerprint density at radius 2 is 0.545 bits per heavy atom. The summed E-state index contributed by atoms with van der Waals surface area (Å²) in [6, 6.07) is 5.82. The summed E-state index contributed by atoms with van der Waals surface area (Å²) in [6.07, 6.45) is 5.87. The molecule has 2 aromatic carbocycles. The summed E-state index contributed by atoms with van der Waals surface area (Å²) in [7, 11) is 0. The van der Waals surface area contributed by atoms with Gasteiger partial charge in [-0.1, -0.05) is 60.7 Å².